The average Bonchev–Trinajstić information content (AvgIpc) is 2.91. The number of aryl methyl sites for hydroxylation is 1. The molecule has 0 aliphatic rings. The van der Waals surface area contributed by atoms with Crippen molar-refractivity contribution in [3.63, 3.8) is 0 Å². The summed E-state index contributed by atoms with van der Waals surface area (Å²) in [5.41, 5.74) is 3.67. The van der Waals surface area contributed by atoms with Gasteiger partial charge in [0.2, 0.25) is 0 Å². The highest BCUT2D eigenvalue weighted by molar-refractivity contribution is 6.12. The van der Waals surface area contributed by atoms with Crippen molar-refractivity contribution in [3.05, 3.63) is 48.2 Å². The van der Waals surface area contributed by atoms with E-state index in [1.165, 1.54) is 0 Å². The highest BCUT2D eigenvalue weighted by Crippen LogP contribution is 2.21. The van der Waals surface area contributed by atoms with E-state index in [0.717, 1.165) is 5.39 Å². The van der Waals surface area contributed by atoms with Crippen LogP contribution in [0.3, 0.4) is 0 Å². The van der Waals surface area contributed by atoms with Gasteiger partial charge in [0, 0.05) is 18.5 Å². The second kappa shape index (κ2) is 5.22. The number of hydrazine groups is 1. The number of nitrogens with two attached hydrogens (primary N) is 1. The van der Waals surface area contributed by atoms with Gasteiger partial charge in [-0.1, -0.05) is 18.2 Å². The van der Waals surface area contributed by atoms with E-state index in [9.17, 15) is 4.79 Å². The zero-order chi connectivity index (χ0) is 14.8. The average molecular weight is 282 g/mol. The summed E-state index contributed by atoms with van der Waals surface area (Å²) in [5, 5.41) is 7.59. The molecule has 0 fully saturated rings. The number of aromatic nitrogens is 3. The summed E-state index contributed by atoms with van der Waals surface area (Å²) < 4.78 is 1.59. The van der Waals surface area contributed by atoms with E-state index < -0.39 is 0 Å². The third-order valence-electron chi connectivity index (χ3n) is 3.17. The number of carbonyl (C=O) groups excluding carboxylic acids is 1. The molecule has 106 valence electrons. The fraction of sp³-hybridized carbons (Fsp3) is 0.0714. The largest absolute Gasteiger partial charge is 0.308 e. The summed E-state index contributed by atoms with van der Waals surface area (Å²) >= 11 is 0. The van der Waals surface area contributed by atoms with Gasteiger partial charge in [0.05, 0.1) is 17.3 Å². The molecule has 0 radical (unpaired) electrons. The van der Waals surface area contributed by atoms with Crippen LogP contribution in [-0.4, -0.2) is 20.7 Å². The van der Waals surface area contributed by atoms with Crippen LogP contribution in [0.5, 0.6) is 0 Å². The van der Waals surface area contributed by atoms with Crippen molar-refractivity contribution in [2.24, 2.45) is 12.9 Å². The predicted octanol–water partition coefficient (Wildman–Crippen LogP) is 1.51. The number of nitrogens with one attached hydrogen (secondary N) is 2. The maximum Gasteiger partial charge on any atom is 0.257 e. The van der Waals surface area contributed by atoms with Crippen LogP contribution in [-0.2, 0) is 7.05 Å². The monoisotopic (exact) mass is 282 g/mol. The number of carbonyl (C=O) groups is 1. The van der Waals surface area contributed by atoms with Gasteiger partial charge < -0.3 is 10.7 Å². The lowest BCUT2D eigenvalue weighted by molar-refractivity contribution is 0.102. The van der Waals surface area contributed by atoms with Crippen molar-refractivity contribution in [1.29, 1.82) is 0 Å². The van der Waals surface area contributed by atoms with Gasteiger partial charge in [-0.05, 0) is 12.1 Å². The summed E-state index contributed by atoms with van der Waals surface area (Å²) in [7, 11) is 1.76. The van der Waals surface area contributed by atoms with Gasteiger partial charge in [-0.15, -0.1) is 0 Å². The first-order valence-electron chi connectivity index (χ1n) is 6.35. The van der Waals surface area contributed by atoms with Crippen LogP contribution >= 0.6 is 0 Å². The highest BCUT2D eigenvalue weighted by Gasteiger charge is 2.14. The van der Waals surface area contributed by atoms with Crippen molar-refractivity contribution in [2.75, 3.05) is 10.7 Å². The van der Waals surface area contributed by atoms with Crippen LogP contribution in [0.4, 0.5) is 11.6 Å². The first-order chi connectivity index (χ1) is 10.2. The third-order valence-corrected chi connectivity index (χ3v) is 3.17. The molecule has 7 heteroatoms. The Labute approximate surface area is 120 Å². The number of nitrogen functional groups attached to an aromatic ring is 1. The van der Waals surface area contributed by atoms with E-state index in [1.54, 1.807) is 30.1 Å². The number of para-hydroxylation sites is 1. The molecule has 0 atom stereocenters. The smallest absolute Gasteiger partial charge is 0.257 e. The lowest BCUT2D eigenvalue weighted by atomic mass is 10.1. The number of hydrogen-bond donors (Lipinski definition) is 3. The predicted molar refractivity (Wildman–Crippen MR) is 80.7 cm³/mol. The number of rotatable bonds is 3. The second-order valence-corrected chi connectivity index (χ2v) is 4.51. The fourth-order valence-corrected chi connectivity index (χ4v) is 2.12. The SMILES string of the molecule is Cn1nccc1NC(=O)c1cc(NN)nc2ccccc12. The van der Waals surface area contributed by atoms with Crippen LogP contribution in [0, 0.1) is 0 Å². The molecule has 0 aliphatic heterocycles. The van der Waals surface area contributed by atoms with Crippen molar-refractivity contribution in [2.45, 2.75) is 0 Å². The van der Waals surface area contributed by atoms with Crippen LogP contribution in [0.2, 0.25) is 0 Å². The van der Waals surface area contributed by atoms with E-state index >= 15 is 0 Å². The summed E-state index contributed by atoms with van der Waals surface area (Å²) in [4.78, 5) is 16.8. The van der Waals surface area contributed by atoms with E-state index in [2.05, 4.69) is 20.8 Å². The minimum atomic E-state index is -0.242. The first-order valence-corrected chi connectivity index (χ1v) is 6.35. The van der Waals surface area contributed by atoms with Gasteiger partial charge in [-0.2, -0.15) is 5.10 Å². The van der Waals surface area contributed by atoms with Crippen LogP contribution in [0.25, 0.3) is 10.9 Å². The minimum Gasteiger partial charge on any atom is -0.308 e. The van der Waals surface area contributed by atoms with Gasteiger partial charge in [-0.25, -0.2) is 10.8 Å². The van der Waals surface area contributed by atoms with Crippen LogP contribution in [0.15, 0.2) is 42.6 Å². The summed E-state index contributed by atoms with van der Waals surface area (Å²) in [5.74, 6) is 6.22. The molecule has 2 aromatic heterocycles. The molecule has 4 N–H and O–H groups in total. The van der Waals surface area contributed by atoms with E-state index in [1.807, 2.05) is 24.3 Å². The summed E-state index contributed by atoms with van der Waals surface area (Å²) in [6.45, 7) is 0. The van der Waals surface area contributed by atoms with Crippen molar-refractivity contribution in [3.8, 4) is 0 Å². The maximum atomic E-state index is 12.5. The number of pyridine rings is 1. The van der Waals surface area contributed by atoms with Crippen LogP contribution < -0.4 is 16.6 Å². The lowest BCUT2D eigenvalue weighted by Gasteiger charge is -2.10. The van der Waals surface area contributed by atoms with Crippen LogP contribution in [0.1, 0.15) is 10.4 Å². The number of anilines is 2. The number of nitrogens with zero attached hydrogens (tertiary/aromatic N) is 3. The number of fused-ring (bicyclic) bond motifs is 1. The van der Waals surface area contributed by atoms with E-state index in [4.69, 9.17) is 5.84 Å². The Morgan fingerprint density at radius 2 is 2.10 bits per heavy atom. The molecule has 0 saturated heterocycles. The van der Waals surface area contributed by atoms with Gasteiger partial charge >= 0.3 is 0 Å². The normalized spacial score (nSPS) is 10.6. The van der Waals surface area contributed by atoms with Gasteiger partial charge in [0.1, 0.15) is 11.6 Å². The van der Waals surface area contributed by atoms with Crippen molar-refractivity contribution in [1.82, 2.24) is 14.8 Å². The molecule has 2 heterocycles. The number of hydrogen-bond acceptors (Lipinski definition) is 5. The number of amides is 1. The molecule has 1 amide bonds. The Morgan fingerprint density at radius 3 is 2.81 bits per heavy atom. The molecule has 0 aliphatic carbocycles. The molecule has 7 nitrogen and oxygen atoms in total. The zero-order valence-corrected chi connectivity index (χ0v) is 11.4. The molecule has 21 heavy (non-hydrogen) atoms. The Bertz CT molecular complexity index is 810. The zero-order valence-electron chi connectivity index (χ0n) is 11.4. The molecule has 3 aromatic rings. The Hall–Kier alpha value is -2.93. The van der Waals surface area contributed by atoms with Gasteiger partial charge in [0.15, 0.2) is 0 Å². The Morgan fingerprint density at radius 1 is 1.29 bits per heavy atom. The van der Waals surface area contributed by atoms with E-state index in [0.29, 0.717) is 22.7 Å². The summed E-state index contributed by atoms with van der Waals surface area (Å²) in [6, 6.07) is 10.7. The second-order valence-electron chi connectivity index (χ2n) is 4.51. The van der Waals surface area contributed by atoms with E-state index in [-0.39, 0.29) is 5.91 Å². The van der Waals surface area contributed by atoms with Crippen molar-refractivity contribution < 1.29 is 4.79 Å². The third kappa shape index (κ3) is 2.41. The first kappa shape index (κ1) is 13.1. The van der Waals surface area contributed by atoms with Gasteiger partial charge in [-0.3, -0.25) is 9.48 Å². The molecule has 0 saturated carbocycles. The fourth-order valence-electron chi connectivity index (χ4n) is 2.12. The molecular weight excluding hydrogens is 268 g/mol. The molecule has 0 unspecified atom stereocenters. The summed E-state index contributed by atoms with van der Waals surface area (Å²) in [6.07, 6.45) is 1.62. The minimum absolute atomic E-state index is 0.242. The van der Waals surface area contributed by atoms with Gasteiger partial charge in [0.25, 0.3) is 5.91 Å². The molecule has 1 aromatic carbocycles. The van der Waals surface area contributed by atoms with Crippen molar-refractivity contribution >= 4 is 28.4 Å². The topological polar surface area (TPSA) is 97.9 Å². The molecule has 0 spiro atoms. The molecule has 3 rings (SSSR count). The standard InChI is InChI=1S/C14H14N6O/c1-20-13(6-7-16-20)18-14(21)10-8-12(19-15)17-11-5-3-2-4-9(10)11/h2-8H,15H2,1H3,(H,17,19)(H,18,21). The lowest BCUT2D eigenvalue weighted by Crippen LogP contribution is -2.16. The maximum absolute atomic E-state index is 12.5. The number of benzene rings is 1. The quantitative estimate of drug-likeness (QED) is 0.499. The molecule has 0 bridgehead atoms. The Balaban J connectivity index is 2.06. The highest BCUT2D eigenvalue weighted by atomic mass is 16.1. The Kier molecular flexibility index (Phi) is 3.25. The molecular formula is C14H14N6O.